The predicted octanol–water partition coefficient (Wildman–Crippen LogP) is 4.12. The maximum absolute atomic E-state index is 13.0. The van der Waals surface area contributed by atoms with Crippen molar-refractivity contribution in [1.82, 2.24) is 15.5 Å². The summed E-state index contributed by atoms with van der Waals surface area (Å²) in [6, 6.07) is 3.77. The van der Waals surface area contributed by atoms with Crippen LogP contribution in [0.15, 0.2) is 12.1 Å². The number of benzene rings is 1. The van der Waals surface area contributed by atoms with Gasteiger partial charge in [-0.2, -0.15) is 0 Å². The summed E-state index contributed by atoms with van der Waals surface area (Å²) in [7, 11) is 0. The monoisotopic (exact) mass is 461 g/mol. The van der Waals surface area contributed by atoms with Crippen LogP contribution in [0.4, 0.5) is 4.79 Å². The quantitative estimate of drug-likeness (QED) is 0.578. The molecule has 0 aromatic heterocycles. The van der Waals surface area contributed by atoms with Crippen LogP contribution in [-0.4, -0.2) is 61.8 Å². The van der Waals surface area contributed by atoms with E-state index in [2.05, 4.69) is 10.6 Å². The molecule has 1 aromatic rings. The standard InChI is InChI=1S/C25H39N3O5/c1-4-31-21-16-18(17-22(32-5-2)23(21)33-6-3)24(29)26-20-12-14-28(15-13-20)25(30)27-19-10-8-7-9-11-19/h16-17,19-20H,4-15H2,1-3H3,(H,26,29)(H,27,30). The summed E-state index contributed by atoms with van der Waals surface area (Å²) in [6.45, 7) is 8.34. The molecule has 1 saturated heterocycles. The van der Waals surface area contributed by atoms with Crippen molar-refractivity contribution in [2.45, 2.75) is 77.8 Å². The fourth-order valence-electron chi connectivity index (χ4n) is 4.53. The van der Waals surface area contributed by atoms with E-state index < -0.39 is 0 Å². The van der Waals surface area contributed by atoms with Crippen LogP contribution in [0.2, 0.25) is 0 Å². The summed E-state index contributed by atoms with van der Waals surface area (Å²) in [4.78, 5) is 27.5. The van der Waals surface area contributed by atoms with Gasteiger partial charge >= 0.3 is 6.03 Å². The van der Waals surface area contributed by atoms with E-state index in [4.69, 9.17) is 14.2 Å². The van der Waals surface area contributed by atoms with Gasteiger partial charge < -0.3 is 29.7 Å². The summed E-state index contributed by atoms with van der Waals surface area (Å²) in [6.07, 6.45) is 7.28. The topological polar surface area (TPSA) is 89.1 Å². The van der Waals surface area contributed by atoms with Crippen LogP contribution >= 0.6 is 0 Å². The highest BCUT2D eigenvalue weighted by molar-refractivity contribution is 5.95. The molecule has 1 saturated carbocycles. The molecule has 8 nitrogen and oxygen atoms in total. The lowest BCUT2D eigenvalue weighted by atomic mass is 9.95. The number of likely N-dealkylation sites (tertiary alicyclic amines) is 1. The molecule has 184 valence electrons. The Morgan fingerprint density at radius 2 is 1.36 bits per heavy atom. The van der Waals surface area contributed by atoms with Gasteiger partial charge in [-0.1, -0.05) is 19.3 Å². The Morgan fingerprint density at radius 3 is 1.91 bits per heavy atom. The zero-order valence-corrected chi connectivity index (χ0v) is 20.3. The molecule has 8 heteroatoms. The largest absolute Gasteiger partial charge is 0.490 e. The maximum atomic E-state index is 13.0. The van der Waals surface area contributed by atoms with Gasteiger partial charge in [-0.05, 0) is 58.6 Å². The maximum Gasteiger partial charge on any atom is 0.317 e. The Balaban J connectivity index is 1.58. The third kappa shape index (κ3) is 6.92. The van der Waals surface area contributed by atoms with Gasteiger partial charge in [0, 0.05) is 30.7 Å². The Kier molecular flexibility index (Phi) is 9.51. The minimum absolute atomic E-state index is 0.0221. The molecule has 2 aliphatic rings. The first-order chi connectivity index (χ1) is 16.0. The van der Waals surface area contributed by atoms with E-state index in [0.29, 0.717) is 61.8 Å². The second kappa shape index (κ2) is 12.6. The minimum Gasteiger partial charge on any atom is -0.490 e. The summed E-state index contributed by atoms with van der Waals surface area (Å²) >= 11 is 0. The highest BCUT2D eigenvalue weighted by Gasteiger charge is 2.27. The van der Waals surface area contributed by atoms with E-state index in [0.717, 1.165) is 25.7 Å². The molecule has 3 amide bonds. The second-order valence-electron chi connectivity index (χ2n) is 8.62. The van der Waals surface area contributed by atoms with Crippen molar-refractivity contribution in [3.05, 3.63) is 17.7 Å². The van der Waals surface area contributed by atoms with Crippen LogP contribution in [0, 0.1) is 0 Å². The van der Waals surface area contributed by atoms with Gasteiger partial charge in [0.1, 0.15) is 0 Å². The molecule has 0 spiro atoms. The Labute approximate surface area is 197 Å². The fourth-order valence-corrected chi connectivity index (χ4v) is 4.53. The van der Waals surface area contributed by atoms with Crippen molar-refractivity contribution >= 4 is 11.9 Å². The number of piperidine rings is 1. The van der Waals surface area contributed by atoms with Crippen LogP contribution in [0.5, 0.6) is 17.2 Å². The van der Waals surface area contributed by atoms with Gasteiger partial charge in [-0.15, -0.1) is 0 Å². The van der Waals surface area contributed by atoms with Gasteiger partial charge in [0.15, 0.2) is 11.5 Å². The predicted molar refractivity (Wildman–Crippen MR) is 127 cm³/mol. The molecule has 1 aromatic carbocycles. The lowest BCUT2D eigenvalue weighted by molar-refractivity contribution is 0.0916. The van der Waals surface area contributed by atoms with Crippen molar-refractivity contribution in [3.63, 3.8) is 0 Å². The highest BCUT2D eigenvalue weighted by Crippen LogP contribution is 2.39. The molecular weight excluding hydrogens is 422 g/mol. The SMILES string of the molecule is CCOc1cc(C(=O)NC2CCN(C(=O)NC3CCCCC3)CC2)cc(OCC)c1OCC. The van der Waals surface area contributed by atoms with E-state index in [-0.39, 0.29) is 18.0 Å². The van der Waals surface area contributed by atoms with Crippen molar-refractivity contribution in [2.24, 2.45) is 0 Å². The van der Waals surface area contributed by atoms with E-state index in [1.165, 1.54) is 19.3 Å². The van der Waals surface area contributed by atoms with Crippen LogP contribution < -0.4 is 24.8 Å². The lowest BCUT2D eigenvalue weighted by Crippen LogP contribution is -2.51. The van der Waals surface area contributed by atoms with Crippen LogP contribution in [-0.2, 0) is 0 Å². The molecule has 2 fully saturated rings. The number of ether oxygens (including phenoxy) is 3. The molecule has 0 radical (unpaired) electrons. The van der Waals surface area contributed by atoms with E-state index in [1.54, 1.807) is 12.1 Å². The number of hydrogen-bond donors (Lipinski definition) is 2. The van der Waals surface area contributed by atoms with E-state index >= 15 is 0 Å². The number of rotatable bonds is 9. The molecule has 0 bridgehead atoms. The molecule has 1 aliphatic heterocycles. The third-order valence-electron chi connectivity index (χ3n) is 6.22. The van der Waals surface area contributed by atoms with Gasteiger partial charge in [0.2, 0.25) is 5.75 Å². The normalized spacial score (nSPS) is 17.4. The first kappa shape index (κ1) is 25.0. The Morgan fingerprint density at radius 1 is 0.818 bits per heavy atom. The van der Waals surface area contributed by atoms with Crippen LogP contribution in [0.3, 0.4) is 0 Å². The van der Waals surface area contributed by atoms with Crippen molar-refractivity contribution in [2.75, 3.05) is 32.9 Å². The summed E-state index contributed by atoms with van der Waals surface area (Å²) in [5, 5.41) is 6.30. The first-order valence-electron chi connectivity index (χ1n) is 12.5. The average molecular weight is 462 g/mol. The average Bonchev–Trinajstić information content (AvgIpc) is 2.82. The van der Waals surface area contributed by atoms with Crippen molar-refractivity contribution in [1.29, 1.82) is 0 Å². The van der Waals surface area contributed by atoms with Gasteiger partial charge in [0.05, 0.1) is 19.8 Å². The van der Waals surface area contributed by atoms with Gasteiger partial charge in [-0.25, -0.2) is 4.79 Å². The molecule has 0 unspecified atom stereocenters. The zero-order valence-electron chi connectivity index (χ0n) is 20.3. The van der Waals surface area contributed by atoms with Gasteiger partial charge in [0.25, 0.3) is 5.91 Å². The Bertz CT molecular complexity index is 759. The fraction of sp³-hybridized carbons (Fsp3) is 0.680. The molecule has 0 atom stereocenters. The number of carbonyl (C=O) groups is 2. The zero-order chi connectivity index (χ0) is 23.6. The number of nitrogens with zero attached hydrogens (tertiary/aromatic N) is 1. The van der Waals surface area contributed by atoms with Crippen LogP contribution in [0.1, 0.15) is 76.1 Å². The molecular formula is C25H39N3O5. The van der Waals surface area contributed by atoms with Crippen LogP contribution in [0.25, 0.3) is 0 Å². The third-order valence-corrected chi connectivity index (χ3v) is 6.22. The molecule has 3 rings (SSSR count). The van der Waals surface area contributed by atoms with E-state index in [9.17, 15) is 9.59 Å². The summed E-state index contributed by atoms with van der Waals surface area (Å²) in [5.41, 5.74) is 0.475. The lowest BCUT2D eigenvalue weighted by Gasteiger charge is -2.34. The Hall–Kier alpha value is -2.64. The minimum atomic E-state index is -0.176. The summed E-state index contributed by atoms with van der Waals surface area (Å²) in [5.74, 6) is 1.36. The van der Waals surface area contributed by atoms with Gasteiger partial charge in [-0.3, -0.25) is 4.79 Å². The first-order valence-corrected chi connectivity index (χ1v) is 12.5. The second-order valence-corrected chi connectivity index (χ2v) is 8.62. The number of urea groups is 1. The molecule has 2 N–H and O–H groups in total. The molecule has 1 heterocycles. The van der Waals surface area contributed by atoms with Crippen molar-refractivity contribution < 1.29 is 23.8 Å². The highest BCUT2D eigenvalue weighted by atomic mass is 16.5. The number of carbonyl (C=O) groups excluding carboxylic acids is 2. The van der Waals surface area contributed by atoms with Crippen molar-refractivity contribution in [3.8, 4) is 17.2 Å². The number of amides is 3. The summed E-state index contributed by atoms with van der Waals surface area (Å²) < 4.78 is 17.2. The van der Waals surface area contributed by atoms with E-state index in [1.807, 2.05) is 25.7 Å². The number of hydrogen-bond acceptors (Lipinski definition) is 5. The molecule has 1 aliphatic carbocycles. The smallest absolute Gasteiger partial charge is 0.317 e. The number of nitrogens with one attached hydrogen (secondary N) is 2. The molecule has 33 heavy (non-hydrogen) atoms.